The molecule has 3 heterocycles. The number of nitrogens with one attached hydrogen (secondary N) is 2. The van der Waals surface area contributed by atoms with Gasteiger partial charge < -0.3 is 25.4 Å². The number of carbonyl (C=O) groups excluding carboxylic acids is 2. The topological polar surface area (TPSA) is 109 Å². The molecule has 216 valence electrons. The molecule has 5 fully saturated rings. The van der Waals surface area contributed by atoms with Crippen molar-refractivity contribution in [3.05, 3.63) is 0 Å². The van der Waals surface area contributed by atoms with Gasteiger partial charge in [-0.25, -0.2) is 0 Å². The Labute approximate surface area is 228 Å². The van der Waals surface area contributed by atoms with Crippen molar-refractivity contribution in [1.29, 1.82) is 0 Å². The summed E-state index contributed by atoms with van der Waals surface area (Å²) in [6, 6.07) is 0. The van der Waals surface area contributed by atoms with Gasteiger partial charge in [-0.05, 0) is 95.3 Å². The van der Waals surface area contributed by atoms with Gasteiger partial charge in [0.2, 0.25) is 11.8 Å². The predicted molar refractivity (Wildman–Crippen MR) is 146 cm³/mol. The third-order valence-corrected chi connectivity index (χ3v) is 10.4. The van der Waals surface area contributed by atoms with E-state index in [0.717, 1.165) is 90.1 Å². The van der Waals surface area contributed by atoms with E-state index >= 15 is 0 Å². The molecule has 3 saturated heterocycles. The summed E-state index contributed by atoms with van der Waals surface area (Å²) in [7, 11) is 3.60. The van der Waals surface area contributed by atoms with Crippen molar-refractivity contribution in [3.63, 3.8) is 0 Å². The third kappa shape index (κ3) is 6.22. The lowest BCUT2D eigenvalue weighted by atomic mass is 9.79. The Kier molecular flexibility index (Phi) is 9.63. The Bertz CT molecular complexity index is 798. The molecule has 9 nitrogen and oxygen atoms in total. The SMILES string of the molecule is COC1CCC(CCNC(=O)C2CC3C(=O)N4CCCCC4NC3N(CC3CCC(OC)CC3)C2N)CC1. The van der Waals surface area contributed by atoms with Crippen LogP contribution in [0.2, 0.25) is 0 Å². The minimum absolute atomic E-state index is 0.0168. The fraction of sp³-hybridized carbons (Fsp3) is 0.931. The number of nitrogens with zero attached hydrogens (tertiary/aromatic N) is 2. The van der Waals surface area contributed by atoms with Gasteiger partial charge in [-0.2, -0.15) is 0 Å². The zero-order chi connectivity index (χ0) is 26.6. The molecule has 0 radical (unpaired) electrons. The number of amides is 2. The van der Waals surface area contributed by atoms with E-state index in [1.807, 2.05) is 4.90 Å². The lowest BCUT2D eigenvalue weighted by Gasteiger charge is -2.55. The van der Waals surface area contributed by atoms with Crippen LogP contribution in [0.3, 0.4) is 0 Å². The van der Waals surface area contributed by atoms with E-state index in [-0.39, 0.29) is 42.1 Å². The highest BCUT2D eigenvalue weighted by atomic mass is 16.5. The first-order valence-electron chi connectivity index (χ1n) is 15.4. The number of hydrogen-bond donors (Lipinski definition) is 3. The zero-order valence-electron chi connectivity index (χ0n) is 23.6. The summed E-state index contributed by atoms with van der Waals surface area (Å²) in [5.74, 6) is 0.792. The smallest absolute Gasteiger partial charge is 0.229 e. The average Bonchev–Trinajstić information content (AvgIpc) is 2.95. The van der Waals surface area contributed by atoms with Crippen molar-refractivity contribution in [3.8, 4) is 0 Å². The maximum Gasteiger partial charge on any atom is 0.229 e. The van der Waals surface area contributed by atoms with Crippen molar-refractivity contribution >= 4 is 11.8 Å². The lowest BCUT2D eigenvalue weighted by Crippen LogP contribution is -2.75. The van der Waals surface area contributed by atoms with Crippen molar-refractivity contribution < 1.29 is 19.1 Å². The lowest BCUT2D eigenvalue weighted by molar-refractivity contribution is -0.163. The molecule has 5 unspecified atom stereocenters. The van der Waals surface area contributed by atoms with Gasteiger partial charge in [0.1, 0.15) is 0 Å². The molecular formula is C29H51N5O4. The number of carbonyl (C=O) groups is 2. The summed E-state index contributed by atoms with van der Waals surface area (Å²) < 4.78 is 11.1. The molecule has 0 bridgehead atoms. The normalized spacial score (nSPS) is 40.3. The Morgan fingerprint density at radius 3 is 2.29 bits per heavy atom. The third-order valence-electron chi connectivity index (χ3n) is 10.4. The number of rotatable bonds is 8. The Morgan fingerprint density at radius 2 is 1.63 bits per heavy atom. The van der Waals surface area contributed by atoms with E-state index in [0.29, 0.717) is 37.0 Å². The highest BCUT2D eigenvalue weighted by Crippen LogP contribution is 2.38. The zero-order valence-corrected chi connectivity index (χ0v) is 23.6. The Balaban J connectivity index is 1.24. The van der Waals surface area contributed by atoms with Crippen molar-refractivity contribution in [1.82, 2.24) is 20.4 Å². The summed E-state index contributed by atoms with van der Waals surface area (Å²) in [5.41, 5.74) is 6.92. The van der Waals surface area contributed by atoms with Gasteiger partial charge >= 0.3 is 0 Å². The molecule has 2 saturated carbocycles. The van der Waals surface area contributed by atoms with E-state index < -0.39 is 0 Å². The summed E-state index contributed by atoms with van der Waals surface area (Å²) >= 11 is 0. The first-order chi connectivity index (χ1) is 18.5. The highest BCUT2D eigenvalue weighted by molar-refractivity contribution is 5.84. The summed E-state index contributed by atoms with van der Waals surface area (Å²) in [6.07, 6.45) is 14.0. The average molecular weight is 534 g/mol. The predicted octanol–water partition coefficient (Wildman–Crippen LogP) is 2.39. The van der Waals surface area contributed by atoms with Crippen LogP contribution < -0.4 is 16.4 Å². The van der Waals surface area contributed by atoms with Crippen LogP contribution in [0.15, 0.2) is 0 Å². The van der Waals surface area contributed by atoms with Crippen LogP contribution in [0, 0.1) is 23.7 Å². The Morgan fingerprint density at radius 1 is 0.974 bits per heavy atom. The quantitative estimate of drug-likeness (QED) is 0.440. The summed E-state index contributed by atoms with van der Waals surface area (Å²) in [5, 5.41) is 7.04. The van der Waals surface area contributed by atoms with Gasteiger partial charge in [-0.1, -0.05) is 0 Å². The Hall–Kier alpha value is -1.26. The van der Waals surface area contributed by atoms with Gasteiger partial charge in [-0.3, -0.25) is 19.8 Å². The van der Waals surface area contributed by atoms with Crippen LogP contribution in [-0.4, -0.2) is 86.2 Å². The molecule has 0 aromatic heterocycles. The molecule has 0 spiro atoms. The fourth-order valence-corrected chi connectivity index (χ4v) is 7.95. The van der Waals surface area contributed by atoms with Gasteiger partial charge in [0, 0.05) is 33.9 Å². The number of nitrogens with two attached hydrogens (primary N) is 1. The van der Waals surface area contributed by atoms with Crippen LogP contribution in [0.1, 0.15) is 83.5 Å². The first kappa shape index (κ1) is 28.3. The molecule has 0 aromatic rings. The molecule has 2 aliphatic carbocycles. The molecule has 0 aromatic carbocycles. The van der Waals surface area contributed by atoms with Crippen LogP contribution in [0.5, 0.6) is 0 Å². The summed E-state index contributed by atoms with van der Waals surface area (Å²) in [4.78, 5) is 31.6. The second-order valence-corrected chi connectivity index (χ2v) is 12.6. The largest absolute Gasteiger partial charge is 0.381 e. The van der Waals surface area contributed by atoms with Crippen LogP contribution in [0.4, 0.5) is 0 Å². The minimum atomic E-state index is -0.385. The molecule has 3 aliphatic heterocycles. The molecule has 4 N–H and O–H groups in total. The van der Waals surface area contributed by atoms with E-state index in [4.69, 9.17) is 15.2 Å². The van der Waals surface area contributed by atoms with Crippen molar-refractivity contribution in [2.24, 2.45) is 29.4 Å². The molecule has 5 aliphatic rings. The van der Waals surface area contributed by atoms with Crippen LogP contribution in [0.25, 0.3) is 0 Å². The minimum Gasteiger partial charge on any atom is -0.381 e. The molecule has 2 amide bonds. The van der Waals surface area contributed by atoms with E-state index in [1.165, 1.54) is 0 Å². The molecule has 9 heteroatoms. The number of fused-ring (bicyclic) bond motifs is 2. The van der Waals surface area contributed by atoms with Gasteiger partial charge in [-0.15, -0.1) is 0 Å². The molecule has 5 rings (SSSR count). The first-order valence-corrected chi connectivity index (χ1v) is 15.4. The fourth-order valence-electron chi connectivity index (χ4n) is 7.95. The maximum absolute atomic E-state index is 13.7. The van der Waals surface area contributed by atoms with Crippen LogP contribution in [-0.2, 0) is 19.1 Å². The van der Waals surface area contributed by atoms with Gasteiger partial charge in [0.05, 0.1) is 42.5 Å². The monoisotopic (exact) mass is 533 g/mol. The molecular weight excluding hydrogens is 482 g/mol. The van der Waals surface area contributed by atoms with Crippen molar-refractivity contribution in [2.45, 2.75) is 114 Å². The summed E-state index contributed by atoms with van der Waals surface area (Å²) in [6.45, 7) is 2.33. The van der Waals surface area contributed by atoms with E-state index in [2.05, 4.69) is 15.5 Å². The number of likely N-dealkylation sites (tertiary alicyclic amines) is 1. The van der Waals surface area contributed by atoms with E-state index in [9.17, 15) is 9.59 Å². The second-order valence-electron chi connectivity index (χ2n) is 12.6. The maximum atomic E-state index is 13.7. The van der Waals surface area contributed by atoms with E-state index in [1.54, 1.807) is 14.2 Å². The molecule has 5 atom stereocenters. The van der Waals surface area contributed by atoms with Gasteiger partial charge in [0.25, 0.3) is 0 Å². The van der Waals surface area contributed by atoms with Gasteiger partial charge in [0.15, 0.2) is 0 Å². The number of hydrogen-bond acceptors (Lipinski definition) is 7. The highest BCUT2D eigenvalue weighted by Gasteiger charge is 2.52. The second kappa shape index (κ2) is 12.9. The number of methoxy groups -OCH3 is 2. The number of piperidine rings is 2. The standard InChI is InChI=1S/C29H51N5O4/c1-37-21-10-6-19(7-11-21)14-15-31-28(35)23-17-24-27(32-25-5-3-4-16-33(25)29(24)36)34(26(23)30)18-20-8-12-22(38-2)13-9-20/h19-27,32H,3-18,30H2,1-2H3,(H,31,35). The molecule has 38 heavy (non-hydrogen) atoms. The number of ether oxygens (including phenoxy) is 2. The van der Waals surface area contributed by atoms with Crippen molar-refractivity contribution in [2.75, 3.05) is 33.9 Å². The van der Waals surface area contributed by atoms with Crippen LogP contribution >= 0.6 is 0 Å².